The number of nitrogen functional groups attached to an aromatic ring is 1. The molecule has 4 aliphatic carbocycles. The van der Waals surface area contributed by atoms with Gasteiger partial charge in [-0.15, -0.1) is 0 Å². The Labute approximate surface area is 746 Å². The Kier molecular flexibility index (Phi) is 22.7. The van der Waals surface area contributed by atoms with E-state index in [2.05, 4.69) is 387 Å². The first-order chi connectivity index (χ1) is 56.9. The highest BCUT2D eigenvalue weighted by atomic mass is 79.9. The van der Waals surface area contributed by atoms with Crippen LogP contribution < -0.4 is 20.4 Å². The average Bonchev–Trinajstić information content (AvgIpc) is 1.56. The number of furan rings is 2. The highest BCUT2D eigenvalue weighted by molar-refractivity contribution is 9.10. The normalized spacial score (nSPS) is 21.6. The fourth-order valence-electron chi connectivity index (χ4n) is 21.6. The third kappa shape index (κ3) is 16.2. The molecular formula is C114H138BrClN4O2. The Hall–Kier alpha value is -8.75. The topological polar surface area (TPSA) is 62.0 Å². The third-order valence-corrected chi connectivity index (χ3v) is 30.7. The van der Waals surface area contributed by atoms with Crippen LogP contribution in [-0.4, -0.2) is 11.1 Å². The van der Waals surface area contributed by atoms with Crippen LogP contribution in [0.4, 0.5) is 45.7 Å². The number of hydrogen-bond donors (Lipinski definition) is 1. The number of nitrogens with zero attached hydrogens (tertiary/aromatic N) is 3. The number of rotatable bonds is 7. The van der Waals surface area contributed by atoms with Crippen LogP contribution in [0, 0.1) is 13.8 Å². The average molecular weight is 1710 g/mol. The number of aryl methyl sites for hydroxylation is 2. The van der Waals surface area contributed by atoms with E-state index < -0.39 is 0 Å². The number of benzene rings is 10. The molecule has 6 aliphatic rings. The van der Waals surface area contributed by atoms with Gasteiger partial charge in [-0.3, -0.25) is 4.90 Å². The van der Waals surface area contributed by atoms with Crippen molar-refractivity contribution in [2.45, 2.75) is 322 Å². The van der Waals surface area contributed by atoms with E-state index in [1.54, 1.807) is 0 Å². The maximum atomic E-state index is 7.20. The van der Waals surface area contributed by atoms with Gasteiger partial charge in [0.2, 0.25) is 5.88 Å². The van der Waals surface area contributed by atoms with Gasteiger partial charge in [0.25, 0.3) is 0 Å². The highest BCUT2D eigenvalue weighted by Gasteiger charge is 2.60. The lowest BCUT2D eigenvalue weighted by atomic mass is 9.61. The van der Waals surface area contributed by atoms with Crippen molar-refractivity contribution in [1.29, 1.82) is 0 Å². The molecule has 640 valence electrons. The lowest BCUT2D eigenvalue weighted by Crippen LogP contribution is -2.54. The molecule has 2 saturated carbocycles. The fraction of sp³-hybridized carbons (Fsp3) is 0.439. The summed E-state index contributed by atoms with van der Waals surface area (Å²) in [6, 6.07) is 76.7. The molecular weight excluding hydrogens is 1570 g/mol. The summed E-state index contributed by atoms with van der Waals surface area (Å²) >= 11 is 9.89. The van der Waals surface area contributed by atoms with E-state index in [-0.39, 0.29) is 65.2 Å². The highest BCUT2D eigenvalue weighted by Crippen LogP contribution is 2.64. The molecule has 18 rings (SSSR count). The molecule has 0 amide bonds. The fourth-order valence-corrected chi connectivity index (χ4v) is 22.4. The van der Waals surface area contributed by atoms with Gasteiger partial charge in [-0.25, -0.2) is 0 Å². The number of anilines is 8. The number of halogens is 2. The number of fused-ring (bicyclic) bond motifs is 10. The second-order valence-electron chi connectivity index (χ2n) is 44.9. The number of nitrogens with two attached hydrogens (primary N) is 1. The molecule has 2 fully saturated rings. The summed E-state index contributed by atoms with van der Waals surface area (Å²) in [5, 5.41) is 3.19. The van der Waals surface area contributed by atoms with Gasteiger partial charge >= 0.3 is 0 Å². The standard InChI is InChI=1S/C57H68N2O.C25H32ClN.C16H19BrO.C16H19N/c1-37-29-42(35-43(30-37)59-49-24-22-41(53(5,6)7)34-47(49)56(12)25-17-18-26-57(56,59)13)58(48-23-21-40(52(2,3)4)33-44(48)38-19-15-14-16-20-38)51-32-39-31-45-46(36-50(39)60-51)55(10,11)28-27-54(45,8)9;1-17-13-19(26)16-20(14-17)27-22-10-9-18(23(2,3)4)15-21(22)24(5)11-7-8-12-25(24,27)6;1-15(2)5-6-16(3,4)12-9-13-10(7-11(12)15)8-14(17)18-13;1-16(2,3)13-9-10-15(17)14(11-13)12-7-5-4-6-8-12/h14-16,19-24,29-36H,17-18,25-28H2,1-13H3;9-10,13-16H,7-8,11-12H2,1-6H3;7-9H,5-6H2,1-4H3;4-11H,17H2,1-3H3. The molecule has 0 saturated heterocycles. The van der Waals surface area contributed by atoms with Crippen molar-refractivity contribution in [1.82, 2.24) is 0 Å². The van der Waals surface area contributed by atoms with E-state index in [0.717, 1.165) is 61.2 Å². The molecule has 6 nitrogen and oxygen atoms in total. The van der Waals surface area contributed by atoms with E-state index >= 15 is 0 Å². The predicted octanol–water partition coefficient (Wildman–Crippen LogP) is 34.0. The van der Waals surface area contributed by atoms with Crippen LogP contribution in [-0.2, 0) is 54.1 Å². The number of hydrogen-bond acceptors (Lipinski definition) is 6. The van der Waals surface area contributed by atoms with Gasteiger partial charge in [-0.2, -0.15) is 0 Å². The van der Waals surface area contributed by atoms with Gasteiger partial charge in [0.1, 0.15) is 11.2 Å². The van der Waals surface area contributed by atoms with Crippen LogP contribution in [0.15, 0.2) is 220 Å². The Morgan fingerprint density at radius 1 is 0.369 bits per heavy atom. The SMILES string of the molecule is CC(C)(C)c1ccc(N)c(-c2ccccc2)c1.CC1(C)CCC(C)(C)c2cc3oc(Br)cc3cc21.Cc1cc(Cl)cc(N2c3ccc(C(C)(C)C)cc3C3(C)CCCCC23C)c1.Cc1cc(N(c2cc3cc4c(cc3o2)C(C)(C)CCC4(C)C)c2ccc(C(C)(C)C)cc2-c2ccccc2)cc(N2c3ccc(C(C)(C)C)cc3C3(C)CCCCC23C)c1. The lowest BCUT2D eigenvalue weighted by Gasteiger charge is -2.50. The van der Waals surface area contributed by atoms with Crippen molar-refractivity contribution >= 4 is 95.2 Å². The van der Waals surface area contributed by atoms with Crippen molar-refractivity contribution in [3.8, 4) is 22.3 Å². The van der Waals surface area contributed by atoms with Gasteiger partial charge in [0.05, 0.1) is 22.5 Å². The predicted molar refractivity (Wildman–Crippen MR) is 528 cm³/mol. The zero-order valence-corrected chi connectivity index (χ0v) is 80.9. The Morgan fingerprint density at radius 2 is 0.754 bits per heavy atom. The minimum Gasteiger partial charge on any atom is -0.449 e. The summed E-state index contributed by atoms with van der Waals surface area (Å²) in [6.07, 6.45) is 14.8. The molecule has 0 bridgehead atoms. The zero-order valence-electron chi connectivity index (χ0n) is 78.6. The first-order valence-corrected chi connectivity index (χ1v) is 46.7. The van der Waals surface area contributed by atoms with E-state index in [4.69, 9.17) is 26.2 Å². The van der Waals surface area contributed by atoms with E-state index in [0.29, 0.717) is 0 Å². The summed E-state index contributed by atoms with van der Waals surface area (Å²) < 4.78 is 13.7. The third-order valence-electron chi connectivity index (χ3n) is 30.1. The van der Waals surface area contributed by atoms with E-state index in [1.807, 2.05) is 30.3 Å². The van der Waals surface area contributed by atoms with Crippen LogP contribution in [0.25, 0.3) is 44.2 Å². The van der Waals surface area contributed by atoms with Gasteiger partial charge < -0.3 is 24.4 Å². The molecule has 10 aromatic carbocycles. The Bertz CT molecular complexity index is 5820. The smallest absolute Gasteiger partial charge is 0.205 e. The minimum atomic E-state index is -0.0679. The minimum absolute atomic E-state index is 0.0144. The Balaban J connectivity index is 0.000000151. The second-order valence-corrected chi connectivity index (χ2v) is 46.1. The van der Waals surface area contributed by atoms with Crippen LogP contribution in [0.2, 0.25) is 5.02 Å². The van der Waals surface area contributed by atoms with Gasteiger partial charge in [0.15, 0.2) is 4.67 Å². The lowest BCUT2D eigenvalue weighted by molar-refractivity contribution is 0.194. The maximum Gasteiger partial charge on any atom is 0.205 e. The molecule has 2 N–H and O–H groups in total. The molecule has 122 heavy (non-hydrogen) atoms. The molecule has 12 aromatic rings. The molecule has 0 spiro atoms. The molecule has 4 heterocycles. The molecule has 2 aliphatic heterocycles. The van der Waals surface area contributed by atoms with Gasteiger partial charge in [0, 0.05) is 72.3 Å². The van der Waals surface area contributed by atoms with Gasteiger partial charge in [-0.05, 0) is 319 Å². The van der Waals surface area contributed by atoms with Crippen LogP contribution in [0.1, 0.15) is 310 Å². The summed E-state index contributed by atoms with van der Waals surface area (Å²) in [6.45, 7) is 61.0. The quantitative estimate of drug-likeness (QED) is 0.161. The van der Waals surface area contributed by atoms with E-state index in [1.165, 1.54) is 182 Å². The summed E-state index contributed by atoms with van der Waals surface area (Å²) in [5.41, 5.74) is 39.0. The summed E-state index contributed by atoms with van der Waals surface area (Å²) in [4.78, 5) is 7.76. The van der Waals surface area contributed by atoms with Gasteiger partial charge in [-0.1, -0.05) is 287 Å². The van der Waals surface area contributed by atoms with Crippen LogP contribution in [0.5, 0.6) is 0 Å². The summed E-state index contributed by atoms with van der Waals surface area (Å²) in [5.74, 6) is 0.838. The van der Waals surface area contributed by atoms with Crippen LogP contribution >= 0.6 is 27.5 Å². The molecule has 0 radical (unpaired) electrons. The monoisotopic (exact) mass is 1710 g/mol. The molecule has 4 unspecified atom stereocenters. The molecule has 2 aromatic heterocycles. The second kappa shape index (κ2) is 31.4. The maximum absolute atomic E-state index is 7.20. The van der Waals surface area contributed by atoms with Crippen molar-refractivity contribution in [3.63, 3.8) is 0 Å². The van der Waals surface area contributed by atoms with Crippen molar-refractivity contribution in [2.24, 2.45) is 0 Å². The van der Waals surface area contributed by atoms with Crippen LogP contribution in [0.3, 0.4) is 0 Å². The van der Waals surface area contributed by atoms with Crippen molar-refractivity contribution in [3.05, 3.63) is 283 Å². The first kappa shape index (κ1) is 88.1. The molecule has 4 atom stereocenters. The Morgan fingerprint density at radius 3 is 1.21 bits per heavy atom. The zero-order chi connectivity index (χ0) is 88.0. The molecule has 8 heteroatoms. The van der Waals surface area contributed by atoms with Crippen molar-refractivity contribution in [2.75, 3.05) is 20.4 Å². The van der Waals surface area contributed by atoms with Crippen molar-refractivity contribution < 1.29 is 8.83 Å². The summed E-state index contributed by atoms with van der Waals surface area (Å²) in [7, 11) is 0. The first-order valence-electron chi connectivity index (χ1n) is 45.5. The largest absolute Gasteiger partial charge is 0.449 e. The van der Waals surface area contributed by atoms with E-state index in [9.17, 15) is 0 Å².